The average Bonchev–Trinajstić information content (AvgIpc) is 2.75. The largest absolute Gasteiger partial charge is 0.271 e. The van der Waals surface area contributed by atoms with E-state index in [4.69, 9.17) is 5.84 Å². The Kier molecular flexibility index (Phi) is 2.73. The van der Waals surface area contributed by atoms with E-state index in [2.05, 4.69) is 5.43 Å². The lowest BCUT2D eigenvalue weighted by Crippen LogP contribution is -2.45. The number of rotatable bonds is 4. The van der Waals surface area contributed by atoms with E-state index in [9.17, 15) is 0 Å². The maximum absolute atomic E-state index is 5.71. The van der Waals surface area contributed by atoms with Gasteiger partial charge in [0.2, 0.25) is 0 Å². The minimum atomic E-state index is 0.628. The molecule has 0 amide bonds. The van der Waals surface area contributed by atoms with Crippen LogP contribution < -0.4 is 11.3 Å². The molecule has 3 fully saturated rings. The number of nitrogens with two attached hydrogens (primary N) is 1. The molecule has 2 nitrogen and oxygen atoms in total. The van der Waals surface area contributed by atoms with Gasteiger partial charge in [-0.3, -0.25) is 11.3 Å². The normalized spacial score (nSPS) is 41.8. The summed E-state index contributed by atoms with van der Waals surface area (Å²) in [5.41, 5.74) is 3.09. The second-order valence-electron chi connectivity index (χ2n) is 6.13. The Morgan fingerprint density at radius 2 is 2.00 bits per heavy atom. The molecule has 0 radical (unpaired) electrons. The third kappa shape index (κ3) is 1.83. The van der Waals surface area contributed by atoms with Gasteiger partial charge in [0.15, 0.2) is 0 Å². The van der Waals surface area contributed by atoms with Crippen LogP contribution in [0.2, 0.25) is 0 Å². The molecule has 86 valence electrons. The fourth-order valence-corrected chi connectivity index (χ4v) is 4.23. The lowest BCUT2D eigenvalue weighted by atomic mass is 9.74. The standard InChI is InChI=1S/C13H24N2/c14-15-13(10-2-1-3-10)8-12-7-9-4-5-11(12)6-9/h9-13,15H,1-8,14H2. The summed E-state index contributed by atoms with van der Waals surface area (Å²) >= 11 is 0. The first-order chi connectivity index (χ1) is 7.36. The van der Waals surface area contributed by atoms with Gasteiger partial charge in [-0.25, -0.2) is 0 Å². The molecular formula is C13H24N2. The molecule has 15 heavy (non-hydrogen) atoms. The van der Waals surface area contributed by atoms with E-state index in [0.717, 1.165) is 23.7 Å². The summed E-state index contributed by atoms with van der Waals surface area (Å²) < 4.78 is 0. The summed E-state index contributed by atoms with van der Waals surface area (Å²) in [4.78, 5) is 0. The fourth-order valence-electron chi connectivity index (χ4n) is 4.23. The summed E-state index contributed by atoms with van der Waals surface area (Å²) in [6.45, 7) is 0. The van der Waals surface area contributed by atoms with E-state index in [1.807, 2.05) is 0 Å². The number of hydrogen-bond acceptors (Lipinski definition) is 2. The maximum atomic E-state index is 5.71. The highest BCUT2D eigenvalue weighted by molar-refractivity contribution is 4.93. The molecule has 2 bridgehead atoms. The highest BCUT2D eigenvalue weighted by atomic mass is 15.2. The van der Waals surface area contributed by atoms with Crippen LogP contribution >= 0.6 is 0 Å². The van der Waals surface area contributed by atoms with Gasteiger partial charge in [-0.05, 0) is 62.2 Å². The van der Waals surface area contributed by atoms with Crippen molar-refractivity contribution in [3.05, 3.63) is 0 Å². The van der Waals surface area contributed by atoms with Crippen molar-refractivity contribution in [1.29, 1.82) is 0 Å². The lowest BCUT2D eigenvalue weighted by molar-refractivity contribution is 0.178. The van der Waals surface area contributed by atoms with Crippen molar-refractivity contribution < 1.29 is 0 Å². The zero-order valence-corrected chi connectivity index (χ0v) is 9.62. The van der Waals surface area contributed by atoms with Gasteiger partial charge in [0.25, 0.3) is 0 Å². The van der Waals surface area contributed by atoms with Gasteiger partial charge in [0, 0.05) is 6.04 Å². The van der Waals surface area contributed by atoms with Gasteiger partial charge in [-0.2, -0.15) is 0 Å². The first kappa shape index (κ1) is 10.1. The summed E-state index contributed by atoms with van der Waals surface area (Å²) in [5, 5.41) is 0. The molecule has 0 heterocycles. The first-order valence-corrected chi connectivity index (χ1v) is 6.83. The van der Waals surface area contributed by atoms with Crippen LogP contribution in [0.1, 0.15) is 51.4 Å². The first-order valence-electron chi connectivity index (χ1n) is 6.83. The molecule has 3 rings (SSSR count). The Morgan fingerprint density at radius 3 is 2.47 bits per heavy atom. The number of hydrogen-bond donors (Lipinski definition) is 2. The van der Waals surface area contributed by atoms with E-state index >= 15 is 0 Å². The SMILES string of the molecule is NNC(CC1CC2CCC1C2)C1CCC1. The van der Waals surface area contributed by atoms with Crippen molar-refractivity contribution in [1.82, 2.24) is 5.43 Å². The maximum Gasteiger partial charge on any atom is 0.0241 e. The monoisotopic (exact) mass is 208 g/mol. The predicted molar refractivity (Wildman–Crippen MR) is 62.0 cm³/mol. The predicted octanol–water partition coefficient (Wildman–Crippen LogP) is 2.44. The molecule has 0 saturated heterocycles. The average molecular weight is 208 g/mol. The van der Waals surface area contributed by atoms with Crippen molar-refractivity contribution in [2.24, 2.45) is 29.5 Å². The summed E-state index contributed by atoms with van der Waals surface area (Å²) in [7, 11) is 0. The zero-order chi connectivity index (χ0) is 10.3. The van der Waals surface area contributed by atoms with Crippen LogP contribution in [0.5, 0.6) is 0 Å². The van der Waals surface area contributed by atoms with Gasteiger partial charge < -0.3 is 0 Å². The molecule has 3 aliphatic rings. The summed E-state index contributed by atoms with van der Waals surface area (Å²) in [6.07, 6.45) is 11.7. The number of hydrazine groups is 1. The van der Waals surface area contributed by atoms with Crippen molar-refractivity contribution in [3.8, 4) is 0 Å². The minimum Gasteiger partial charge on any atom is -0.271 e. The van der Waals surface area contributed by atoms with Crippen molar-refractivity contribution in [3.63, 3.8) is 0 Å². The van der Waals surface area contributed by atoms with Crippen LogP contribution in [0.4, 0.5) is 0 Å². The van der Waals surface area contributed by atoms with Crippen LogP contribution in [-0.4, -0.2) is 6.04 Å². The fraction of sp³-hybridized carbons (Fsp3) is 1.00. The highest BCUT2D eigenvalue weighted by Gasteiger charge is 2.41. The molecule has 0 aliphatic heterocycles. The van der Waals surface area contributed by atoms with Gasteiger partial charge in [0.05, 0.1) is 0 Å². The molecule has 3 aliphatic carbocycles. The quantitative estimate of drug-likeness (QED) is 0.550. The Balaban J connectivity index is 1.54. The van der Waals surface area contributed by atoms with E-state index in [1.54, 1.807) is 0 Å². The van der Waals surface area contributed by atoms with Crippen LogP contribution in [0.15, 0.2) is 0 Å². The Morgan fingerprint density at radius 1 is 1.13 bits per heavy atom. The second kappa shape index (κ2) is 4.06. The molecular weight excluding hydrogens is 184 g/mol. The molecule has 2 heteroatoms. The van der Waals surface area contributed by atoms with Crippen LogP contribution in [0.3, 0.4) is 0 Å². The Labute approximate surface area is 93.0 Å². The third-order valence-electron chi connectivity index (χ3n) is 5.37. The summed E-state index contributed by atoms with van der Waals surface area (Å²) in [5.74, 6) is 9.76. The van der Waals surface area contributed by atoms with Gasteiger partial charge in [-0.15, -0.1) is 0 Å². The molecule has 0 aromatic carbocycles. The third-order valence-corrected chi connectivity index (χ3v) is 5.37. The smallest absolute Gasteiger partial charge is 0.0241 e. The van der Waals surface area contributed by atoms with E-state index in [0.29, 0.717) is 6.04 Å². The molecule has 3 N–H and O–H groups in total. The van der Waals surface area contributed by atoms with Gasteiger partial charge in [-0.1, -0.05) is 12.8 Å². The molecule has 0 aromatic heterocycles. The molecule has 3 saturated carbocycles. The Bertz CT molecular complexity index is 225. The number of fused-ring (bicyclic) bond motifs is 2. The zero-order valence-electron chi connectivity index (χ0n) is 9.62. The van der Waals surface area contributed by atoms with Crippen molar-refractivity contribution in [2.45, 2.75) is 57.4 Å². The summed E-state index contributed by atoms with van der Waals surface area (Å²) in [6, 6.07) is 0.628. The van der Waals surface area contributed by atoms with Crippen LogP contribution in [-0.2, 0) is 0 Å². The topological polar surface area (TPSA) is 38.0 Å². The second-order valence-corrected chi connectivity index (χ2v) is 6.13. The Hall–Kier alpha value is -0.0800. The lowest BCUT2D eigenvalue weighted by Gasteiger charge is -2.36. The molecule has 0 aromatic rings. The molecule has 4 atom stereocenters. The van der Waals surface area contributed by atoms with Gasteiger partial charge >= 0.3 is 0 Å². The minimum absolute atomic E-state index is 0.628. The number of nitrogens with one attached hydrogen (secondary N) is 1. The van der Waals surface area contributed by atoms with Crippen molar-refractivity contribution >= 4 is 0 Å². The molecule has 0 spiro atoms. The van der Waals surface area contributed by atoms with E-state index < -0.39 is 0 Å². The van der Waals surface area contributed by atoms with E-state index in [-0.39, 0.29) is 0 Å². The van der Waals surface area contributed by atoms with Crippen molar-refractivity contribution in [2.75, 3.05) is 0 Å². The highest BCUT2D eigenvalue weighted by Crippen LogP contribution is 2.50. The van der Waals surface area contributed by atoms with Gasteiger partial charge in [0.1, 0.15) is 0 Å². The van der Waals surface area contributed by atoms with E-state index in [1.165, 1.54) is 51.4 Å². The molecule has 4 unspecified atom stereocenters. The van der Waals surface area contributed by atoms with Crippen LogP contribution in [0.25, 0.3) is 0 Å². The van der Waals surface area contributed by atoms with Crippen LogP contribution in [0, 0.1) is 23.7 Å².